The average Bonchev–Trinajstić information content (AvgIpc) is 2.39. The van der Waals surface area contributed by atoms with E-state index in [1.54, 1.807) is 7.11 Å². The number of hydrogen-bond acceptors (Lipinski definition) is 4. The summed E-state index contributed by atoms with van der Waals surface area (Å²) >= 11 is 0. The molecule has 0 fully saturated rings. The number of unbranched alkanes of at least 4 members (excludes halogenated alkanes) is 1. The summed E-state index contributed by atoms with van der Waals surface area (Å²) in [5.74, 6) is -1.34. The largest absolute Gasteiger partial charge is 0.385 e. The Balaban J connectivity index is 2.84. The summed E-state index contributed by atoms with van der Waals surface area (Å²) in [6, 6.07) is 2.07. The molecule has 0 heterocycles. The van der Waals surface area contributed by atoms with Gasteiger partial charge in [-0.2, -0.15) is 0 Å². The summed E-state index contributed by atoms with van der Waals surface area (Å²) in [4.78, 5) is 11.5. The third kappa shape index (κ3) is 5.26. The van der Waals surface area contributed by atoms with E-state index in [2.05, 4.69) is 5.32 Å². The molecular formula is C13H17ClFNO4S. The van der Waals surface area contributed by atoms with Crippen LogP contribution in [0.1, 0.15) is 28.8 Å². The number of halogens is 2. The van der Waals surface area contributed by atoms with Gasteiger partial charge in [0.2, 0.25) is 0 Å². The molecule has 1 amide bonds. The molecule has 5 nitrogen and oxygen atoms in total. The third-order valence-electron chi connectivity index (χ3n) is 2.88. The molecule has 1 aromatic rings. The van der Waals surface area contributed by atoms with Gasteiger partial charge in [0.05, 0.1) is 4.90 Å². The first kappa shape index (κ1) is 17.9. The maximum absolute atomic E-state index is 13.7. The second kappa shape index (κ2) is 7.72. The second-order valence-electron chi connectivity index (χ2n) is 4.47. The number of carbonyl (C=O) groups is 1. The molecule has 0 spiro atoms. The molecule has 0 atom stereocenters. The Morgan fingerprint density at radius 2 is 2.05 bits per heavy atom. The number of nitrogens with one attached hydrogen (secondary N) is 1. The highest BCUT2D eigenvalue weighted by atomic mass is 35.7. The number of ether oxygens (including phenoxy) is 1. The Morgan fingerprint density at radius 3 is 2.62 bits per heavy atom. The monoisotopic (exact) mass is 337 g/mol. The molecule has 0 aromatic heterocycles. The van der Waals surface area contributed by atoms with E-state index in [1.807, 2.05) is 0 Å². The molecule has 0 radical (unpaired) electrons. The van der Waals surface area contributed by atoms with Gasteiger partial charge >= 0.3 is 0 Å². The average molecular weight is 338 g/mol. The summed E-state index contributed by atoms with van der Waals surface area (Å²) in [6.45, 7) is 2.27. The highest BCUT2D eigenvalue weighted by Crippen LogP contribution is 2.23. The maximum Gasteiger partial charge on any atom is 0.261 e. The predicted molar refractivity (Wildman–Crippen MR) is 77.6 cm³/mol. The van der Waals surface area contributed by atoms with Crippen LogP contribution in [0.15, 0.2) is 17.0 Å². The molecule has 0 saturated heterocycles. The second-order valence-corrected chi connectivity index (χ2v) is 7.01. The first-order valence-corrected chi connectivity index (χ1v) is 8.60. The zero-order valence-corrected chi connectivity index (χ0v) is 13.4. The Morgan fingerprint density at radius 1 is 1.38 bits per heavy atom. The van der Waals surface area contributed by atoms with Crippen molar-refractivity contribution >= 4 is 25.6 Å². The fourth-order valence-electron chi connectivity index (χ4n) is 1.71. The molecule has 1 rings (SSSR count). The highest BCUT2D eigenvalue weighted by molar-refractivity contribution is 8.13. The van der Waals surface area contributed by atoms with Gasteiger partial charge in [0.15, 0.2) is 0 Å². The number of rotatable bonds is 7. The molecular weight excluding hydrogens is 321 g/mol. The van der Waals surface area contributed by atoms with E-state index in [1.165, 1.54) is 6.92 Å². The predicted octanol–water partition coefficient (Wildman–Crippen LogP) is 2.22. The first-order chi connectivity index (χ1) is 9.77. The normalized spacial score (nSPS) is 11.4. The number of methoxy groups -OCH3 is 1. The van der Waals surface area contributed by atoms with Crippen molar-refractivity contribution in [3.63, 3.8) is 0 Å². The van der Waals surface area contributed by atoms with Gasteiger partial charge in [-0.05, 0) is 31.9 Å². The standard InChI is InChI=1S/C13H17ClFNO4S/c1-9-11(15)7-10(8-12(9)21(14,18)19)13(17)16-5-3-4-6-20-2/h7-8H,3-6H2,1-2H3,(H,16,17). The van der Waals surface area contributed by atoms with Crippen LogP contribution < -0.4 is 5.32 Å². The van der Waals surface area contributed by atoms with Crippen molar-refractivity contribution in [2.75, 3.05) is 20.3 Å². The smallest absolute Gasteiger partial charge is 0.261 e. The van der Waals surface area contributed by atoms with Crippen LogP contribution in [-0.4, -0.2) is 34.6 Å². The van der Waals surface area contributed by atoms with Crippen molar-refractivity contribution in [1.82, 2.24) is 5.32 Å². The van der Waals surface area contributed by atoms with Gasteiger partial charge in [0.25, 0.3) is 15.0 Å². The summed E-state index contributed by atoms with van der Waals surface area (Å²) < 4.78 is 41.3. The molecule has 0 aliphatic carbocycles. The van der Waals surface area contributed by atoms with Crippen LogP contribution in [0.2, 0.25) is 0 Å². The molecule has 0 unspecified atom stereocenters. The molecule has 21 heavy (non-hydrogen) atoms. The summed E-state index contributed by atoms with van der Waals surface area (Å²) in [6.07, 6.45) is 1.48. The molecule has 8 heteroatoms. The van der Waals surface area contributed by atoms with Crippen molar-refractivity contribution in [3.05, 3.63) is 29.1 Å². The number of amides is 1. The topological polar surface area (TPSA) is 72.5 Å². The van der Waals surface area contributed by atoms with Gasteiger partial charge in [-0.1, -0.05) is 0 Å². The third-order valence-corrected chi connectivity index (χ3v) is 4.33. The van der Waals surface area contributed by atoms with Crippen LogP contribution in [0, 0.1) is 12.7 Å². The van der Waals surface area contributed by atoms with Gasteiger partial charge in [0.1, 0.15) is 5.82 Å². The molecule has 1 N–H and O–H groups in total. The fraction of sp³-hybridized carbons (Fsp3) is 0.462. The lowest BCUT2D eigenvalue weighted by Gasteiger charge is -2.09. The van der Waals surface area contributed by atoms with Crippen molar-refractivity contribution in [2.45, 2.75) is 24.7 Å². The van der Waals surface area contributed by atoms with Crippen LogP contribution in [0.25, 0.3) is 0 Å². The van der Waals surface area contributed by atoms with Gasteiger partial charge in [-0.3, -0.25) is 4.79 Å². The van der Waals surface area contributed by atoms with Crippen molar-refractivity contribution in [2.24, 2.45) is 0 Å². The lowest BCUT2D eigenvalue weighted by molar-refractivity contribution is 0.0950. The molecule has 0 aliphatic rings. The van der Waals surface area contributed by atoms with Gasteiger partial charge in [0, 0.05) is 42.1 Å². The highest BCUT2D eigenvalue weighted by Gasteiger charge is 2.20. The van der Waals surface area contributed by atoms with E-state index in [-0.39, 0.29) is 11.1 Å². The van der Waals surface area contributed by atoms with Crippen molar-refractivity contribution in [3.8, 4) is 0 Å². The number of carbonyl (C=O) groups excluding carboxylic acids is 1. The van der Waals surface area contributed by atoms with E-state index < -0.39 is 25.7 Å². The number of benzene rings is 1. The van der Waals surface area contributed by atoms with E-state index in [0.717, 1.165) is 18.6 Å². The lowest BCUT2D eigenvalue weighted by atomic mass is 10.1. The molecule has 1 aromatic carbocycles. The minimum absolute atomic E-state index is 0.0796. The van der Waals surface area contributed by atoms with Crippen LogP contribution in [0.4, 0.5) is 4.39 Å². The zero-order chi connectivity index (χ0) is 16.0. The van der Waals surface area contributed by atoms with E-state index in [9.17, 15) is 17.6 Å². The SMILES string of the molecule is COCCCCNC(=O)c1cc(F)c(C)c(S(=O)(=O)Cl)c1. The first-order valence-electron chi connectivity index (χ1n) is 6.29. The van der Waals surface area contributed by atoms with Gasteiger partial charge in [-0.25, -0.2) is 12.8 Å². The number of hydrogen-bond donors (Lipinski definition) is 1. The van der Waals surface area contributed by atoms with Gasteiger partial charge in [-0.15, -0.1) is 0 Å². The Bertz CT molecular complexity index is 619. The van der Waals surface area contributed by atoms with E-state index in [0.29, 0.717) is 19.6 Å². The molecule has 0 saturated carbocycles. The summed E-state index contributed by atoms with van der Waals surface area (Å²) in [5, 5.41) is 2.58. The lowest BCUT2D eigenvalue weighted by Crippen LogP contribution is -2.25. The minimum atomic E-state index is -4.11. The Kier molecular flexibility index (Phi) is 6.57. The van der Waals surface area contributed by atoms with Crippen LogP contribution >= 0.6 is 10.7 Å². The van der Waals surface area contributed by atoms with Crippen LogP contribution in [0.3, 0.4) is 0 Å². The van der Waals surface area contributed by atoms with Crippen molar-refractivity contribution < 1.29 is 22.3 Å². The molecule has 0 aliphatic heterocycles. The quantitative estimate of drug-likeness (QED) is 0.611. The van der Waals surface area contributed by atoms with E-state index in [4.69, 9.17) is 15.4 Å². The Labute approximate surface area is 127 Å². The van der Waals surface area contributed by atoms with Crippen LogP contribution in [0.5, 0.6) is 0 Å². The van der Waals surface area contributed by atoms with Gasteiger partial charge < -0.3 is 10.1 Å². The van der Waals surface area contributed by atoms with Crippen molar-refractivity contribution in [1.29, 1.82) is 0 Å². The minimum Gasteiger partial charge on any atom is -0.385 e. The molecule has 0 bridgehead atoms. The fourth-order valence-corrected chi connectivity index (χ4v) is 2.93. The van der Waals surface area contributed by atoms with Crippen LogP contribution in [-0.2, 0) is 13.8 Å². The van der Waals surface area contributed by atoms with E-state index >= 15 is 0 Å². The Hall–Kier alpha value is -1.18. The summed E-state index contributed by atoms with van der Waals surface area (Å²) in [7, 11) is 2.71. The maximum atomic E-state index is 13.7. The summed E-state index contributed by atoms with van der Waals surface area (Å²) in [5.41, 5.74) is -0.189. The zero-order valence-electron chi connectivity index (χ0n) is 11.8. The molecule has 118 valence electrons.